The average molecular weight is 174 g/mol. The molecule has 0 aromatic carbocycles. The molecule has 0 unspecified atom stereocenters. The summed E-state index contributed by atoms with van der Waals surface area (Å²) < 4.78 is 31.6. The minimum atomic E-state index is -4.67. The van der Waals surface area contributed by atoms with Crippen LogP contribution in [0.15, 0.2) is 0 Å². The Morgan fingerprint density at radius 3 is 1.30 bits per heavy atom. The molecule has 9 heteroatoms. The highest BCUT2D eigenvalue weighted by Gasteiger charge is 1.84. The van der Waals surface area contributed by atoms with Crippen LogP contribution in [0.3, 0.4) is 0 Å². The summed E-state index contributed by atoms with van der Waals surface area (Å²) in [6.07, 6.45) is 1.25. The van der Waals surface area contributed by atoms with E-state index in [0.717, 1.165) is 0 Å². The van der Waals surface area contributed by atoms with Crippen LogP contribution in [0.1, 0.15) is 0 Å². The van der Waals surface area contributed by atoms with Gasteiger partial charge in [-0.05, 0) is 0 Å². The van der Waals surface area contributed by atoms with Crippen LogP contribution in [0.5, 0.6) is 0 Å². The summed E-state index contributed by atoms with van der Waals surface area (Å²) in [6.45, 7) is 0. The zero-order chi connectivity index (χ0) is 7.21. The molecule has 0 fully saturated rings. The lowest BCUT2D eigenvalue weighted by Gasteiger charge is -1.68. The summed E-state index contributed by atoms with van der Waals surface area (Å²) in [4.78, 5) is 0. The van der Waals surface area contributed by atoms with Gasteiger partial charge in [0.2, 0.25) is 0 Å². The molecule has 0 radical (unpaired) electrons. The van der Waals surface area contributed by atoms with Gasteiger partial charge in [0.15, 0.2) is 6.19 Å². The third-order valence-corrected chi connectivity index (χ3v) is 0. The summed E-state index contributed by atoms with van der Waals surface area (Å²) in [5.41, 5.74) is 4.15. The van der Waals surface area contributed by atoms with Gasteiger partial charge < -0.3 is 18.0 Å². The predicted molar refractivity (Wildman–Crippen MR) is 34.0 cm³/mol. The van der Waals surface area contributed by atoms with Crippen molar-refractivity contribution in [2.75, 3.05) is 0 Å². The normalized spacial score (nSPS) is 6.50. The molecule has 0 amide bonds. The molecule has 8 nitrogen and oxygen atoms in total. The molecular formula is CH10N4O4S. The summed E-state index contributed by atoms with van der Waals surface area (Å²) >= 11 is 0. The van der Waals surface area contributed by atoms with E-state index in [-0.39, 0.29) is 12.3 Å². The van der Waals surface area contributed by atoms with E-state index in [4.69, 9.17) is 22.8 Å². The van der Waals surface area contributed by atoms with E-state index in [2.05, 4.69) is 5.73 Å². The van der Waals surface area contributed by atoms with Crippen molar-refractivity contribution in [3.05, 3.63) is 0 Å². The summed E-state index contributed by atoms with van der Waals surface area (Å²) in [6, 6.07) is 0. The smallest absolute Gasteiger partial charge is 0.344 e. The fourth-order valence-corrected chi connectivity index (χ4v) is 0. The predicted octanol–water partition coefficient (Wildman–Crippen LogP) is -0.903. The average Bonchev–Trinajstić information content (AvgIpc) is 1.27. The third-order valence-electron chi connectivity index (χ3n) is 0. The molecule has 10 N–H and O–H groups in total. The first kappa shape index (κ1) is 23.0. The standard InChI is InChI=1S/CH2N2.2H3N.H2O4S/c2-1-3;;;1-5(2,3)4/h2H2;2*1H3;(H2,1,2,3,4). The van der Waals surface area contributed by atoms with Crippen LogP contribution in [-0.2, 0) is 10.4 Å². The first-order chi connectivity index (χ1) is 3.41. The highest BCUT2D eigenvalue weighted by molar-refractivity contribution is 7.79. The van der Waals surface area contributed by atoms with Gasteiger partial charge in [0.1, 0.15) is 0 Å². The Bertz CT molecular complexity index is 158. The fourth-order valence-electron chi connectivity index (χ4n) is 0. The van der Waals surface area contributed by atoms with Gasteiger partial charge in [0, 0.05) is 0 Å². The first-order valence-electron chi connectivity index (χ1n) is 1.21. The van der Waals surface area contributed by atoms with Gasteiger partial charge in [-0.2, -0.15) is 13.7 Å². The first-order valence-corrected chi connectivity index (χ1v) is 2.61. The number of hydrogen-bond acceptors (Lipinski definition) is 6. The van der Waals surface area contributed by atoms with Crippen molar-refractivity contribution in [2.45, 2.75) is 0 Å². The van der Waals surface area contributed by atoms with Gasteiger partial charge in [-0.25, -0.2) is 0 Å². The third kappa shape index (κ3) is 309. The van der Waals surface area contributed by atoms with E-state index >= 15 is 0 Å². The molecule has 0 saturated carbocycles. The fraction of sp³-hybridized carbons (Fsp3) is 0. The molecule has 64 valence electrons. The second-order valence-corrected chi connectivity index (χ2v) is 1.47. The van der Waals surface area contributed by atoms with E-state index in [1.165, 1.54) is 6.19 Å². The highest BCUT2D eigenvalue weighted by atomic mass is 32.3. The Balaban J connectivity index is -0.0000000326. The minimum Gasteiger partial charge on any atom is -0.344 e. The zero-order valence-corrected chi connectivity index (χ0v) is 5.87. The van der Waals surface area contributed by atoms with Crippen molar-refractivity contribution in [1.29, 1.82) is 5.26 Å². The van der Waals surface area contributed by atoms with Crippen molar-refractivity contribution in [2.24, 2.45) is 5.73 Å². The van der Waals surface area contributed by atoms with Crippen molar-refractivity contribution in [1.82, 2.24) is 12.3 Å². The Morgan fingerprint density at radius 1 is 1.30 bits per heavy atom. The molecule has 0 aromatic rings. The Hall–Kier alpha value is -0.920. The highest BCUT2D eigenvalue weighted by Crippen LogP contribution is 1.59. The van der Waals surface area contributed by atoms with E-state index < -0.39 is 10.4 Å². The molecule has 0 spiro atoms. The van der Waals surface area contributed by atoms with Crippen LogP contribution in [0.2, 0.25) is 0 Å². The van der Waals surface area contributed by atoms with Gasteiger partial charge in [0.25, 0.3) is 0 Å². The van der Waals surface area contributed by atoms with Crippen molar-refractivity contribution in [3.8, 4) is 6.19 Å². The number of rotatable bonds is 0. The summed E-state index contributed by atoms with van der Waals surface area (Å²) in [5.74, 6) is 0. The van der Waals surface area contributed by atoms with E-state index in [0.29, 0.717) is 0 Å². The second kappa shape index (κ2) is 11.0. The monoisotopic (exact) mass is 174 g/mol. The topological polar surface area (TPSA) is 194 Å². The van der Waals surface area contributed by atoms with Gasteiger partial charge in [-0.1, -0.05) is 0 Å². The summed E-state index contributed by atoms with van der Waals surface area (Å²) in [5, 5.41) is 7.10. The van der Waals surface area contributed by atoms with Crippen LogP contribution in [0, 0.1) is 11.5 Å². The maximum atomic E-state index is 8.74. The van der Waals surface area contributed by atoms with Crippen LogP contribution < -0.4 is 18.0 Å². The van der Waals surface area contributed by atoms with Crippen molar-refractivity contribution < 1.29 is 17.5 Å². The van der Waals surface area contributed by atoms with Crippen LogP contribution in [0.4, 0.5) is 0 Å². The Labute approximate surface area is 58.4 Å². The largest absolute Gasteiger partial charge is 0.394 e. The quantitative estimate of drug-likeness (QED) is 0.177. The van der Waals surface area contributed by atoms with Gasteiger partial charge in [-0.3, -0.25) is 9.11 Å². The molecule has 0 bridgehead atoms. The molecule has 0 aromatic heterocycles. The second-order valence-electron chi connectivity index (χ2n) is 0.577. The maximum absolute atomic E-state index is 8.74. The molecule has 0 rings (SSSR count). The molecule has 0 aliphatic heterocycles. The molecule has 0 saturated heterocycles. The van der Waals surface area contributed by atoms with E-state index in [1.54, 1.807) is 0 Å². The zero-order valence-electron chi connectivity index (χ0n) is 5.06. The van der Waals surface area contributed by atoms with Gasteiger partial charge in [-0.15, -0.1) is 0 Å². The van der Waals surface area contributed by atoms with Crippen LogP contribution >= 0.6 is 0 Å². The lowest BCUT2D eigenvalue weighted by atomic mass is 11.5. The van der Waals surface area contributed by atoms with Crippen molar-refractivity contribution >= 4 is 10.4 Å². The molecule has 0 atom stereocenters. The molecule has 0 heterocycles. The SMILES string of the molecule is N.N.N#CN.O=S(=O)(O)O. The van der Waals surface area contributed by atoms with Gasteiger partial charge in [0.05, 0.1) is 0 Å². The maximum Gasteiger partial charge on any atom is 0.394 e. The molecule has 0 aliphatic carbocycles. The van der Waals surface area contributed by atoms with E-state index in [1.807, 2.05) is 0 Å². The number of nitrogens with zero attached hydrogens (tertiary/aromatic N) is 1. The lowest BCUT2D eigenvalue weighted by Crippen LogP contribution is -1.89. The molecular weight excluding hydrogens is 164 g/mol. The molecule has 0 aliphatic rings. The Morgan fingerprint density at radius 2 is 1.30 bits per heavy atom. The number of nitrogens with two attached hydrogens (primary N) is 1. The van der Waals surface area contributed by atoms with Gasteiger partial charge >= 0.3 is 10.4 Å². The van der Waals surface area contributed by atoms with Crippen molar-refractivity contribution in [3.63, 3.8) is 0 Å². The minimum absolute atomic E-state index is 0. The number of hydrogen-bond donors (Lipinski definition) is 5. The molecule has 10 heavy (non-hydrogen) atoms. The van der Waals surface area contributed by atoms with E-state index in [9.17, 15) is 0 Å². The lowest BCUT2D eigenvalue weighted by molar-refractivity contribution is 0.381. The summed E-state index contributed by atoms with van der Waals surface area (Å²) in [7, 11) is -4.67. The number of nitriles is 1. The van der Waals surface area contributed by atoms with Crippen LogP contribution in [0.25, 0.3) is 0 Å². The van der Waals surface area contributed by atoms with Crippen LogP contribution in [-0.4, -0.2) is 17.5 Å². The Kier molecular flexibility index (Phi) is 25.2.